The van der Waals surface area contributed by atoms with E-state index in [1.807, 2.05) is 0 Å². The Hall–Kier alpha value is -2.03. The van der Waals surface area contributed by atoms with E-state index in [0.717, 1.165) is 51.4 Å². The Morgan fingerprint density at radius 1 is 0.596 bits per heavy atom. The van der Waals surface area contributed by atoms with Crippen molar-refractivity contribution in [2.45, 2.75) is 174 Å². The second kappa shape index (κ2) is 38.7. The predicted octanol–water partition coefficient (Wildman–Crippen LogP) is 11.4. The molecule has 0 heterocycles. The summed E-state index contributed by atoms with van der Waals surface area (Å²) in [6.45, 7) is 4.14. The molecule has 10 heteroatoms. The van der Waals surface area contributed by atoms with E-state index >= 15 is 0 Å². The molecule has 0 aromatic heterocycles. The molecule has 0 rings (SSSR count). The van der Waals surface area contributed by atoms with Gasteiger partial charge in [-0.25, -0.2) is 4.57 Å². The molecule has 0 saturated heterocycles. The van der Waals surface area contributed by atoms with Gasteiger partial charge in [0.05, 0.1) is 13.2 Å². The maximum absolute atomic E-state index is 12.6. The summed E-state index contributed by atoms with van der Waals surface area (Å²) < 4.78 is 33.1. The average Bonchev–Trinajstić information content (AvgIpc) is 3.12. The van der Waals surface area contributed by atoms with Crippen molar-refractivity contribution in [3.63, 3.8) is 0 Å². The summed E-state index contributed by atoms with van der Waals surface area (Å²) in [5.74, 6) is -0.845. The second-order valence-corrected chi connectivity index (χ2v) is 14.9. The zero-order valence-electron chi connectivity index (χ0n) is 33.2. The SMILES string of the molecule is CCCCC/C=C\C/C=C\C/C=C\C/C=C\CCCCCC(=O)OCC(COP(=O)(O)OCCNC)OC(=O)CCCCCCCCCCCCC. The monoisotopic (exact) mass is 754 g/mol. The molecule has 0 fully saturated rings. The molecular weight excluding hydrogens is 677 g/mol. The van der Waals surface area contributed by atoms with Crippen LogP contribution >= 0.6 is 7.82 Å². The summed E-state index contributed by atoms with van der Waals surface area (Å²) in [5, 5.41) is 2.82. The molecule has 2 unspecified atom stereocenters. The van der Waals surface area contributed by atoms with E-state index in [0.29, 0.717) is 19.4 Å². The highest BCUT2D eigenvalue weighted by Gasteiger charge is 2.26. The van der Waals surface area contributed by atoms with E-state index in [4.69, 9.17) is 18.5 Å². The lowest BCUT2D eigenvalue weighted by Gasteiger charge is -2.20. The smallest absolute Gasteiger partial charge is 0.462 e. The first kappa shape index (κ1) is 50.0. The van der Waals surface area contributed by atoms with Gasteiger partial charge in [-0.3, -0.25) is 18.6 Å². The zero-order chi connectivity index (χ0) is 38.2. The van der Waals surface area contributed by atoms with Crippen LogP contribution in [0.1, 0.15) is 168 Å². The van der Waals surface area contributed by atoms with Crippen molar-refractivity contribution in [1.82, 2.24) is 5.32 Å². The topological polar surface area (TPSA) is 120 Å². The van der Waals surface area contributed by atoms with Crippen molar-refractivity contribution >= 4 is 19.8 Å². The largest absolute Gasteiger partial charge is 0.472 e. The summed E-state index contributed by atoms with van der Waals surface area (Å²) in [7, 11) is -2.66. The summed E-state index contributed by atoms with van der Waals surface area (Å²) in [5.41, 5.74) is 0. The van der Waals surface area contributed by atoms with Gasteiger partial charge in [-0.15, -0.1) is 0 Å². The van der Waals surface area contributed by atoms with Gasteiger partial charge in [0, 0.05) is 19.4 Å². The number of esters is 2. The fraction of sp³-hybridized carbons (Fsp3) is 0.762. The number of phosphoric acid groups is 1. The first-order valence-electron chi connectivity index (χ1n) is 20.6. The standard InChI is InChI=1S/C42H76NO8P/c1-4-6-8-10-12-14-16-17-18-19-20-21-22-23-25-26-28-30-32-34-41(44)48-38-40(39-50-52(46,47)49-37-36-43-3)51-42(45)35-33-31-29-27-24-15-13-11-9-7-5-2/h12,14,17-18,20-21,23,25,40,43H,4-11,13,15-16,19,22,24,26-39H2,1-3H3,(H,46,47)/b14-12-,18-17-,21-20-,25-23-. The second-order valence-electron chi connectivity index (χ2n) is 13.5. The first-order chi connectivity index (χ1) is 25.3. The maximum atomic E-state index is 12.6. The number of likely N-dealkylation sites (N-methyl/N-ethyl adjacent to an activating group) is 1. The van der Waals surface area contributed by atoms with Crippen molar-refractivity contribution in [3.05, 3.63) is 48.6 Å². The Labute approximate surface area is 318 Å². The zero-order valence-corrected chi connectivity index (χ0v) is 34.1. The van der Waals surface area contributed by atoms with Crippen LogP contribution in [0.25, 0.3) is 0 Å². The van der Waals surface area contributed by atoms with Gasteiger partial charge in [-0.05, 0) is 64.8 Å². The first-order valence-corrected chi connectivity index (χ1v) is 22.1. The molecule has 0 bridgehead atoms. The van der Waals surface area contributed by atoms with Crippen LogP contribution < -0.4 is 5.32 Å². The number of ether oxygens (including phenoxy) is 2. The van der Waals surface area contributed by atoms with Gasteiger partial charge in [0.1, 0.15) is 6.61 Å². The Morgan fingerprint density at radius 3 is 1.58 bits per heavy atom. The van der Waals surface area contributed by atoms with Crippen molar-refractivity contribution in [2.24, 2.45) is 0 Å². The molecule has 0 aliphatic carbocycles. The van der Waals surface area contributed by atoms with E-state index in [2.05, 4.69) is 67.8 Å². The lowest BCUT2D eigenvalue weighted by atomic mass is 10.1. The third-order valence-corrected chi connectivity index (χ3v) is 9.44. The van der Waals surface area contributed by atoms with Crippen LogP contribution in [0.5, 0.6) is 0 Å². The molecule has 0 spiro atoms. The molecule has 302 valence electrons. The number of rotatable bonds is 38. The van der Waals surface area contributed by atoms with Crippen LogP contribution in [0, 0.1) is 0 Å². The molecule has 0 saturated carbocycles. The molecule has 52 heavy (non-hydrogen) atoms. The van der Waals surface area contributed by atoms with Gasteiger partial charge in [0.15, 0.2) is 6.10 Å². The van der Waals surface area contributed by atoms with Crippen LogP contribution in [0.15, 0.2) is 48.6 Å². The Balaban J connectivity index is 4.29. The minimum atomic E-state index is -4.35. The normalized spacial score (nSPS) is 13.8. The van der Waals surface area contributed by atoms with E-state index in [9.17, 15) is 19.0 Å². The molecule has 2 atom stereocenters. The van der Waals surface area contributed by atoms with Gasteiger partial charge < -0.3 is 19.7 Å². The van der Waals surface area contributed by atoms with Gasteiger partial charge in [0.2, 0.25) is 0 Å². The van der Waals surface area contributed by atoms with Crippen molar-refractivity contribution in [2.75, 3.05) is 33.4 Å². The van der Waals surface area contributed by atoms with Crippen LogP contribution in [0.4, 0.5) is 0 Å². The lowest BCUT2D eigenvalue weighted by molar-refractivity contribution is -0.161. The molecule has 0 aliphatic rings. The predicted molar refractivity (Wildman–Crippen MR) is 215 cm³/mol. The number of unbranched alkanes of at least 4 members (excludes halogenated alkanes) is 16. The number of phosphoric ester groups is 1. The summed E-state index contributed by atoms with van der Waals surface area (Å²) in [6.07, 6.45) is 41.5. The fourth-order valence-electron chi connectivity index (χ4n) is 5.30. The minimum absolute atomic E-state index is 0.0228. The minimum Gasteiger partial charge on any atom is -0.462 e. The highest BCUT2D eigenvalue weighted by atomic mass is 31.2. The van der Waals surface area contributed by atoms with Gasteiger partial charge >= 0.3 is 19.8 Å². The number of hydrogen-bond donors (Lipinski definition) is 2. The van der Waals surface area contributed by atoms with Crippen LogP contribution in [-0.4, -0.2) is 56.3 Å². The van der Waals surface area contributed by atoms with E-state index in [1.165, 1.54) is 77.0 Å². The van der Waals surface area contributed by atoms with Gasteiger partial charge in [-0.1, -0.05) is 146 Å². The summed E-state index contributed by atoms with van der Waals surface area (Å²) in [6, 6.07) is 0. The summed E-state index contributed by atoms with van der Waals surface area (Å²) >= 11 is 0. The number of hydrogen-bond acceptors (Lipinski definition) is 8. The number of nitrogens with one attached hydrogen (secondary N) is 1. The molecule has 0 aromatic rings. The van der Waals surface area contributed by atoms with Crippen LogP contribution in [-0.2, 0) is 32.7 Å². The Kier molecular flexibility index (Phi) is 37.2. The average molecular weight is 754 g/mol. The van der Waals surface area contributed by atoms with E-state index in [1.54, 1.807) is 7.05 Å². The molecule has 0 aliphatic heterocycles. The van der Waals surface area contributed by atoms with Gasteiger partial charge in [-0.2, -0.15) is 0 Å². The number of carbonyl (C=O) groups excluding carboxylic acids is 2. The molecule has 0 amide bonds. The quantitative estimate of drug-likeness (QED) is 0.0275. The third kappa shape index (κ3) is 37.7. The highest BCUT2D eigenvalue weighted by molar-refractivity contribution is 7.47. The van der Waals surface area contributed by atoms with Crippen LogP contribution in [0.2, 0.25) is 0 Å². The molecule has 2 N–H and O–H groups in total. The van der Waals surface area contributed by atoms with E-state index < -0.39 is 32.5 Å². The molecule has 9 nitrogen and oxygen atoms in total. The lowest BCUT2D eigenvalue weighted by Crippen LogP contribution is -2.29. The van der Waals surface area contributed by atoms with Gasteiger partial charge in [0.25, 0.3) is 0 Å². The Morgan fingerprint density at radius 2 is 1.04 bits per heavy atom. The molecule has 0 radical (unpaired) electrons. The summed E-state index contributed by atoms with van der Waals surface area (Å²) in [4.78, 5) is 34.9. The van der Waals surface area contributed by atoms with Crippen molar-refractivity contribution in [3.8, 4) is 0 Å². The van der Waals surface area contributed by atoms with Crippen molar-refractivity contribution in [1.29, 1.82) is 0 Å². The van der Waals surface area contributed by atoms with Crippen molar-refractivity contribution < 1.29 is 37.6 Å². The number of carbonyl (C=O) groups is 2. The third-order valence-electron chi connectivity index (χ3n) is 8.45. The highest BCUT2D eigenvalue weighted by Crippen LogP contribution is 2.43. The Bertz CT molecular complexity index is 996. The molecule has 0 aromatic carbocycles. The van der Waals surface area contributed by atoms with Crippen LogP contribution in [0.3, 0.4) is 0 Å². The fourth-order valence-corrected chi connectivity index (χ4v) is 6.05. The number of allylic oxidation sites excluding steroid dienone is 8. The molecular formula is C42H76NO8P. The van der Waals surface area contributed by atoms with E-state index in [-0.39, 0.29) is 26.1 Å². The maximum Gasteiger partial charge on any atom is 0.472 e.